The Kier molecular flexibility index (Phi) is 8.80. The van der Waals surface area contributed by atoms with Crippen LogP contribution in [0.2, 0.25) is 0 Å². The lowest BCUT2D eigenvalue weighted by Crippen LogP contribution is -2.46. The van der Waals surface area contributed by atoms with Gasteiger partial charge in [-0.25, -0.2) is 8.42 Å². The van der Waals surface area contributed by atoms with E-state index >= 15 is 0 Å². The smallest absolute Gasteiger partial charge is 0.194 e. The number of benzene rings is 1. The summed E-state index contributed by atoms with van der Waals surface area (Å²) in [7, 11) is -2.85. The van der Waals surface area contributed by atoms with Crippen LogP contribution in [-0.4, -0.2) is 56.5 Å². The summed E-state index contributed by atoms with van der Waals surface area (Å²) >= 11 is 0. The van der Waals surface area contributed by atoms with Gasteiger partial charge in [-0.2, -0.15) is 0 Å². The molecule has 1 saturated heterocycles. The van der Waals surface area contributed by atoms with Crippen LogP contribution in [-0.2, 0) is 9.84 Å². The first kappa shape index (κ1) is 23.2. The summed E-state index contributed by atoms with van der Waals surface area (Å²) in [4.78, 5) is 7.10. The summed E-state index contributed by atoms with van der Waals surface area (Å²) < 4.78 is 23.4. The maximum Gasteiger partial charge on any atom is 0.194 e. The summed E-state index contributed by atoms with van der Waals surface area (Å²) in [5.74, 6) is 1.67. The van der Waals surface area contributed by atoms with Crippen molar-refractivity contribution in [2.75, 3.05) is 31.1 Å². The minimum absolute atomic E-state index is 0. The molecule has 0 aromatic heterocycles. The number of halogens is 1. The van der Waals surface area contributed by atoms with Crippen molar-refractivity contribution in [1.29, 1.82) is 0 Å². The lowest BCUT2D eigenvalue weighted by atomic mass is 10.00. The highest BCUT2D eigenvalue weighted by molar-refractivity contribution is 14.0. The second-order valence-corrected chi connectivity index (χ2v) is 9.91. The van der Waals surface area contributed by atoms with Gasteiger partial charge in [-0.15, -0.1) is 24.0 Å². The van der Waals surface area contributed by atoms with Crippen LogP contribution >= 0.6 is 24.0 Å². The summed E-state index contributed by atoms with van der Waals surface area (Å²) in [6.45, 7) is 6.65. The van der Waals surface area contributed by atoms with Crippen LogP contribution in [0.3, 0.4) is 0 Å². The topological polar surface area (TPSA) is 61.8 Å². The van der Waals surface area contributed by atoms with Gasteiger partial charge in [0.1, 0.15) is 0 Å². The van der Waals surface area contributed by atoms with Crippen molar-refractivity contribution in [3.05, 3.63) is 42.0 Å². The molecular weight excluding hydrogens is 485 g/mol. The predicted molar refractivity (Wildman–Crippen MR) is 128 cm³/mol. The number of rotatable bonds is 5. The van der Waals surface area contributed by atoms with Gasteiger partial charge < -0.3 is 10.2 Å². The Hall–Kier alpha value is -1.09. The van der Waals surface area contributed by atoms with E-state index in [0.29, 0.717) is 18.3 Å². The van der Waals surface area contributed by atoms with E-state index in [-0.39, 0.29) is 35.6 Å². The minimum Gasteiger partial charge on any atom is -0.354 e. The largest absolute Gasteiger partial charge is 0.354 e. The molecule has 7 heteroatoms. The molecule has 156 valence electrons. The lowest BCUT2D eigenvalue weighted by Gasteiger charge is -2.31. The molecule has 1 aromatic carbocycles. The van der Waals surface area contributed by atoms with E-state index in [1.165, 1.54) is 11.1 Å². The van der Waals surface area contributed by atoms with Gasteiger partial charge in [0, 0.05) is 25.7 Å². The van der Waals surface area contributed by atoms with Crippen LogP contribution in [0.15, 0.2) is 41.4 Å². The van der Waals surface area contributed by atoms with E-state index in [9.17, 15) is 8.42 Å². The minimum atomic E-state index is -2.85. The van der Waals surface area contributed by atoms with E-state index in [1.807, 2.05) is 6.07 Å². The Bertz CT molecular complexity index is 793. The number of guanidine groups is 1. The van der Waals surface area contributed by atoms with Crippen molar-refractivity contribution >= 4 is 45.3 Å². The molecule has 2 aliphatic heterocycles. The van der Waals surface area contributed by atoms with E-state index < -0.39 is 9.84 Å². The molecule has 5 nitrogen and oxygen atoms in total. The summed E-state index contributed by atoms with van der Waals surface area (Å²) in [6, 6.07) is 10.9. The van der Waals surface area contributed by atoms with Crippen molar-refractivity contribution in [3.8, 4) is 0 Å². The molecule has 0 radical (unpaired) electrons. The highest BCUT2D eigenvalue weighted by atomic mass is 127. The molecule has 0 spiro atoms. The SMILES string of the molecule is CCC(C)NC(=NCC1CCS(=O)(=O)C1)N1CC=C(c2ccccc2)CC1.I. The molecule has 1 fully saturated rings. The average Bonchev–Trinajstić information content (AvgIpc) is 3.04. The molecule has 28 heavy (non-hydrogen) atoms. The Balaban J connectivity index is 0.00000280. The number of sulfone groups is 1. The van der Waals surface area contributed by atoms with Gasteiger partial charge in [0.2, 0.25) is 0 Å². The zero-order valence-corrected chi connectivity index (χ0v) is 19.9. The lowest BCUT2D eigenvalue weighted by molar-refractivity contribution is 0.425. The number of hydrogen-bond acceptors (Lipinski definition) is 3. The third-order valence-electron chi connectivity index (χ3n) is 5.47. The third kappa shape index (κ3) is 6.47. The summed E-state index contributed by atoms with van der Waals surface area (Å²) in [5, 5.41) is 3.53. The third-order valence-corrected chi connectivity index (χ3v) is 7.30. The van der Waals surface area contributed by atoms with Crippen LogP contribution in [0.1, 0.15) is 38.7 Å². The van der Waals surface area contributed by atoms with Crippen molar-refractivity contribution in [2.24, 2.45) is 10.9 Å². The average molecular weight is 517 g/mol. The van der Waals surface area contributed by atoms with E-state index in [2.05, 4.69) is 54.4 Å². The van der Waals surface area contributed by atoms with Gasteiger partial charge in [-0.3, -0.25) is 4.99 Å². The second-order valence-electron chi connectivity index (χ2n) is 7.68. The second kappa shape index (κ2) is 10.6. The normalized spacial score (nSPS) is 22.9. The first-order chi connectivity index (χ1) is 13.0. The molecular formula is C21H32IN3O2S. The first-order valence-corrected chi connectivity index (χ1v) is 11.8. The van der Waals surface area contributed by atoms with Gasteiger partial charge in [0.25, 0.3) is 0 Å². The highest BCUT2D eigenvalue weighted by Crippen LogP contribution is 2.23. The van der Waals surface area contributed by atoms with E-state index in [4.69, 9.17) is 4.99 Å². The number of aliphatic imine (C=N–C) groups is 1. The fraction of sp³-hybridized carbons (Fsp3) is 0.571. The van der Waals surface area contributed by atoms with Crippen LogP contribution < -0.4 is 5.32 Å². The molecule has 3 rings (SSSR count). The molecule has 0 saturated carbocycles. The predicted octanol–water partition coefficient (Wildman–Crippen LogP) is 3.57. The van der Waals surface area contributed by atoms with Crippen molar-refractivity contribution < 1.29 is 8.42 Å². The maximum absolute atomic E-state index is 11.7. The molecule has 1 N–H and O–H groups in total. The molecule has 2 heterocycles. The molecule has 2 aliphatic rings. The fourth-order valence-electron chi connectivity index (χ4n) is 3.57. The first-order valence-electron chi connectivity index (χ1n) is 9.97. The Morgan fingerprint density at radius 1 is 1.32 bits per heavy atom. The highest BCUT2D eigenvalue weighted by Gasteiger charge is 2.28. The van der Waals surface area contributed by atoms with Crippen LogP contribution in [0, 0.1) is 5.92 Å². The monoisotopic (exact) mass is 517 g/mol. The summed E-state index contributed by atoms with van der Waals surface area (Å²) in [5.41, 5.74) is 2.68. The number of hydrogen-bond donors (Lipinski definition) is 1. The fourth-order valence-corrected chi connectivity index (χ4v) is 5.42. The van der Waals surface area contributed by atoms with Crippen LogP contribution in [0.5, 0.6) is 0 Å². The van der Waals surface area contributed by atoms with Gasteiger partial charge in [0.15, 0.2) is 15.8 Å². The molecule has 0 bridgehead atoms. The maximum atomic E-state index is 11.7. The zero-order chi connectivity index (χ0) is 19.3. The van der Waals surface area contributed by atoms with Crippen molar-refractivity contribution in [3.63, 3.8) is 0 Å². The van der Waals surface area contributed by atoms with Crippen molar-refractivity contribution in [1.82, 2.24) is 10.2 Å². The Morgan fingerprint density at radius 2 is 2.07 bits per heavy atom. The molecule has 2 unspecified atom stereocenters. The Morgan fingerprint density at radius 3 is 2.64 bits per heavy atom. The number of nitrogens with one attached hydrogen (secondary N) is 1. The molecule has 1 aromatic rings. The van der Waals surface area contributed by atoms with Crippen molar-refractivity contribution in [2.45, 2.75) is 39.2 Å². The molecule has 2 atom stereocenters. The Labute approximate surface area is 186 Å². The summed E-state index contributed by atoms with van der Waals surface area (Å²) in [6.07, 6.45) is 5.03. The van der Waals surface area contributed by atoms with Gasteiger partial charge in [0.05, 0.1) is 11.5 Å². The zero-order valence-electron chi connectivity index (χ0n) is 16.8. The van der Waals surface area contributed by atoms with Gasteiger partial charge in [-0.1, -0.05) is 43.3 Å². The van der Waals surface area contributed by atoms with Gasteiger partial charge >= 0.3 is 0 Å². The standard InChI is InChI=1S/C21H31N3O2S.HI/c1-3-17(2)23-21(22-15-18-11-14-27(25,26)16-18)24-12-9-20(10-13-24)19-7-5-4-6-8-19;/h4-9,17-18H,3,10-16H2,1-2H3,(H,22,23);1H. The quantitative estimate of drug-likeness (QED) is 0.369. The van der Waals surface area contributed by atoms with Crippen LogP contribution in [0.25, 0.3) is 5.57 Å². The van der Waals surface area contributed by atoms with Crippen LogP contribution in [0.4, 0.5) is 0 Å². The van der Waals surface area contributed by atoms with E-state index in [0.717, 1.165) is 38.3 Å². The van der Waals surface area contributed by atoms with Gasteiger partial charge in [-0.05, 0) is 43.2 Å². The number of nitrogens with zero attached hydrogens (tertiary/aromatic N) is 2. The molecule has 0 amide bonds. The van der Waals surface area contributed by atoms with E-state index in [1.54, 1.807) is 0 Å². The molecule has 0 aliphatic carbocycles.